The predicted molar refractivity (Wildman–Crippen MR) is 69.9 cm³/mol. The Labute approximate surface area is 102 Å². The van der Waals surface area contributed by atoms with Crippen molar-refractivity contribution in [3.8, 4) is 0 Å². The van der Waals surface area contributed by atoms with E-state index in [1.807, 2.05) is 12.1 Å². The molecule has 90 valence electrons. The first-order valence-electron chi connectivity index (χ1n) is 5.99. The number of thioether (sulfide) groups is 1. The molecule has 1 N–H and O–H groups in total. The van der Waals surface area contributed by atoms with E-state index >= 15 is 0 Å². The molecule has 1 aromatic rings. The van der Waals surface area contributed by atoms with Crippen LogP contribution < -0.4 is 5.32 Å². The molecule has 1 aromatic heterocycles. The largest absolute Gasteiger partial charge is 0.469 e. The van der Waals surface area contributed by atoms with Crippen molar-refractivity contribution in [2.45, 2.75) is 32.7 Å². The topological polar surface area (TPSA) is 25.2 Å². The second-order valence-electron chi connectivity index (χ2n) is 5.36. The molecule has 1 atom stereocenters. The van der Waals surface area contributed by atoms with E-state index in [-0.39, 0.29) is 0 Å². The third-order valence-corrected chi connectivity index (χ3v) is 4.62. The number of hydrogen-bond acceptors (Lipinski definition) is 3. The van der Waals surface area contributed by atoms with Crippen LogP contribution in [0.15, 0.2) is 22.8 Å². The molecule has 0 amide bonds. The minimum atomic E-state index is 0.491. The van der Waals surface area contributed by atoms with Crippen LogP contribution >= 0.6 is 11.8 Å². The van der Waals surface area contributed by atoms with Gasteiger partial charge in [-0.15, -0.1) is 0 Å². The summed E-state index contributed by atoms with van der Waals surface area (Å²) < 4.78 is 5.32. The van der Waals surface area contributed by atoms with Crippen molar-refractivity contribution in [1.82, 2.24) is 5.32 Å². The summed E-state index contributed by atoms with van der Waals surface area (Å²) in [5.41, 5.74) is 0.491. The number of hydrogen-bond donors (Lipinski definition) is 1. The van der Waals surface area contributed by atoms with Gasteiger partial charge in [0.2, 0.25) is 0 Å². The quantitative estimate of drug-likeness (QED) is 0.874. The minimum absolute atomic E-state index is 0.491. The second-order valence-corrected chi connectivity index (χ2v) is 6.39. The molecule has 1 fully saturated rings. The van der Waals surface area contributed by atoms with E-state index in [2.05, 4.69) is 30.9 Å². The Hall–Kier alpha value is -0.410. The fourth-order valence-corrected chi connectivity index (χ4v) is 3.56. The molecule has 1 aliphatic heterocycles. The van der Waals surface area contributed by atoms with Crippen LogP contribution in [-0.2, 0) is 6.42 Å². The Bertz CT molecular complexity index is 308. The van der Waals surface area contributed by atoms with Crippen molar-refractivity contribution in [2.24, 2.45) is 5.41 Å². The van der Waals surface area contributed by atoms with Crippen LogP contribution in [0.4, 0.5) is 0 Å². The highest BCUT2D eigenvalue weighted by atomic mass is 32.2. The number of furan rings is 1. The van der Waals surface area contributed by atoms with Gasteiger partial charge in [-0.3, -0.25) is 0 Å². The van der Waals surface area contributed by atoms with E-state index in [0.29, 0.717) is 11.5 Å². The van der Waals surface area contributed by atoms with E-state index in [1.54, 1.807) is 6.26 Å². The summed E-state index contributed by atoms with van der Waals surface area (Å²) in [5.74, 6) is 3.63. The van der Waals surface area contributed by atoms with Gasteiger partial charge < -0.3 is 9.73 Å². The Morgan fingerprint density at radius 3 is 3.12 bits per heavy atom. The normalized spacial score (nSPS) is 24.5. The molecule has 16 heavy (non-hydrogen) atoms. The zero-order chi connectivity index (χ0) is 11.4. The summed E-state index contributed by atoms with van der Waals surface area (Å²) >= 11 is 2.07. The molecule has 0 bridgehead atoms. The first-order valence-corrected chi connectivity index (χ1v) is 7.15. The van der Waals surface area contributed by atoms with Crippen molar-refractivity contribution in [3.63, 3.8) is 0 Å². The van der Waals surface area contributed by atoms with Crippen LogP contribution in [0.5, 0.6) is 0 Å². The summed E-state index contributed by atoms with van der Waals surface area (Å²) in [4.78, 5) is 0. The molecule has 2 rings (SSSR count). The number of rotatable bonds is 4. The van der Waals surface area contributed by atoms with Gasteiger partial charge in [-0.05, 0) is 29.7 Å². The van der Waals surface area contributed by atoms with Gasteiger partial charge in [0.05, 0.1) is 6.26 Å². The van der Waals surface area contributed by atoms with Gasteiger partial charge in [0.25, 0.3) is 0 Å². The molecule has 0 aliphatic carbocycles. The van der Waals surface area contributed by atoms with Crippen LogP contribution in [0, 0.1) is 5.41 Å². The molecular weight excluding hydrogens is 218 g/mol. The zero-order valence-electron chi connectivity index (χ0n) is 10.2. The first-order chi connectivity index (χ1) is 7.66. The van der Waals surface area contributed by atoms with Crippen LogP contribution in [-0.4, -0.2) is 24.1 Å². The van der Waals surface area contributed by atoms with Crippen molar-refractivity contribution in [1.29, 1.82) is 0 Å². The maximum atomic E-state index is 5.32. The van der Waals surface area contributed by atoms with E-state index in [4.69, 9.17) is 4.42 Å². The first kappa shape index (κ1) is 12.1. The molecular formula is C13H21NOS. The van der Waals surface area contributed by atoms with Crippen LogP contribution in [0.1, 0.15) is 26.0 Å². The molecule has 1 saturated heterocycles. The van der Waals surface area contributed by atoms with Crippen molar-refractivity contribution in [2.75, 3.05) is 18.1 Å². The third-order valence-electron chi connectivity index (χ3n) is 3.00. The average molecular weight is 239 g/mol. The summed E-state index contributed by atoms with van der Waals surface area (Å²) in [6.07, 6.45) is 4.03. The second kappa shape index (κ2) is 5.28. The lowest BCUT2D eigenvalue weighted by Crippen LogP contribution is -2.41. The molecule has 2 heterocycles. The van der Waals surface area contributed by atoms with Crippen molar-refractivity contribution >= 4 is 11.8 Å². The van der Waals surface area contributed by atoms with Crippen molar-refractivity contribution in [3.05, 3.63) is 24.2 Å². The van der Waals surface area contributed by atoms with Gasteiger partial charge in [0.1, 0.15) is 5.76 Å². The lowest BCUT2D eigenvalue weighted by Gasteiger charge is -2.35. The van der Waals surface area contributed by atoms with Gasteiger partial charge in [0, 0.05) is 24.8 Å². The fraction of sp³-hybridized carbons (Fsp3) is 0.692. The standard InChI is InChI=1S/C13H21NOS/c1-13(2)8-11(9-16-10-13)14-6-5-12-4-3-7-15-12/h3-4,7,11,14H,5-6,8-10H2,1-2H3. The highest BCUT2D eigenvalue weighted by Gasteiger charge is 2.27. The average Bonchev–Trinajstić information content (AvgIpc) is 2.69. The van der Waals surface area contributed by atoms with E-state index < -0.39 is 0 Å². The summed E-state index contributed by atoms with van der Waals surface area (Å²) in [6, 6.07) is 4.67. The van der Waals surface area contributed by atoms with Crippen LogP contribution in [0.25, 0.3) is 0 Å². The van der Waals surface area contributed by atoms with Gasteiger partial charge in [-0.1, -0.05) is 13.8 Å². The number of nitrogens with one attached hydrogen (secondary N) is 1. The Morgan fingerprint density at radius 1 is 1.56 bits per heavy atom. The SMILES string of the molecule is CC1(C)CSCC(NCCc2ccco2)C1. The Kier molecular flexibility index (Phi) is 3.98. The predicted octanol–water partition coefficient (Wildman–Crippen LogP) is 2.94. The molecule has 0 saturated carbocycles. The smallest absolute Gasteiger partial charge is 0.105 e. The molecule has 2 nitrogen and oxygen atoms in total. The summed E-state index contributed by atoms with van der Waals surface area (Å²) in [7, 11) is 0. The Balaban J connectivity index is 1.70. The maximum Gasteiger partial charge on any atom is 0.105 e. The van der Waals surface area contributed by atoms with Crippen LogP contribution in [0.2, 0.25) is 0 Å². The van der Waals surface area contributed by atoms with E-state index in [0.717, 1.165) is 18.7 Å². The fourth-order valence-electron chi connectivity index (χ4n) is 2.25. The summed E-state index contributed by atoms with van der Waals surface area (Å²) in [5, 5.41) is 3.63. The molecule has 1 unspecified atom stereocenters. The van der Waals surface area contributed by atoms with E-state index in [1.165, 1.54) is 17.9 Å². The van der Waals surface area contributed by atoms with Gasteiger partial charge in [-0.2, -0.15) is 11.8 Å². The molecule has 0 radical (unpaired) electrons. The monoisotopic (exact) mass is 239 g/mol. The minimum Gasteiger partial charge on any atom is -0.469 e. The van der Waals surface area contributed by atoms with Gasteiger partial charge >= 0.3 is 0 Å². The molecule has 3 heteroatoms. The van der Waals surface area contributed by atoms with Crippen LogP contribution in [0.3, 0.4) is 0 Å². The highest BCUT2D eigenvalue weighted by molar-refractivity contribution is 7.99. The highest BCUT2D eigenvalue weighted by Crippen LogP contribution is 2.33. The lowest BCUT2D eigenvalue weighted by molar-refractivity contribution is 0.317. The zero-order valence-corrected chi connectivity index (χ0v) is 11.0. The Morgan fingerprint density at radius 2 is 2.44 bits per heavy atom. The van der Waals surface area contributed by atoms with E-state index in [9.17, 15) is 0 Å². The molecule has 0 spiro atoms. The molecule has 1 aliphatic rings. The lowest BCUT2D eigenvalue weighted by atomic mass is 9.88. The van der Waals surface area contributed by atoms with Gasteiger partial charge in [-0.25, -0.2) is 0 Å². The molecule has 0 aromatic carbocycles. The summed E-state index contributed by atoms with van der Waals surface area (Å²) in [6.45, 7) is 5.75. The van der Waals surface area contributed by atoms with Crippen molar-refractivity contribution < 1.29 is 4.42 Å². The van der Waals surface area contributed by atoms with Gasteiger partial charge in [0.15, 0.2) is 0 Å². The maximum absolute atomic E-state index is 5.32. The third kappa shape index (κ3) is 3.56.